The second-order valence-corrected chi connectivity index (χ2v) is 14.2. The van der Waals surface area contributed by atoms with Crippen molar-refractivity contribution in [2.24, 2.45) is 0 Å². The van der Waals surface area contributed by atoms with Gasteiger partial charge in [0.05, 0.1) is 34.1 Å². The van der Waals surface area contributed by atoms with Gasteiger partial charge in [0.25, 0.3) is 0 Å². The minimum absolute atomic E-state index is 0.0644. The Morgan fingerprint density at radius 2 is 1.59 bits per heavy atom. The van der Waals surface area contributed by atoms with E-state index in [1.165, 1.54) is 22.5 Å². The van der Waals surface area contributed by atoms with Crippen molar-refractivity contribution in [1.29, 1.82) is 0 Å². The number of benzene rings is 3. The van der Waals surface area contributed by atoms with E-state index in [2.05, 4.69) is 15.3 Å². The van der Waals surface area contributed by atoms with Crippen LogP contribution in [0.25, 0.3) is 11.3 Å². The summed E-state index contributed by atoms with van der Waals surface area (Å²) in [6.07, 6.45) is -3.62. The van der Waals surface area contributed by atoms with Gasteiger partial charge in [-0.3, -0.25) is 4.79 Å². The number of carbonyl (C=O) groups excluding carboxylic acids is 1. The molecular weight excluding hydrogens is 660 g/mol. The average molecular weight is 697 g/mol. The average Bonchev–Trinajstić information content (AvgIpc) is 3.60. The lowest BCUT2D eigenvalue weighted by Gasteiger charge is -2.36. The highest BCUT2D eigenvalue weighted by Gasteiger charge is 2.40. The summed E-state index contributed by atoms with van der Waals surface area (Å²) >= 11 is 0. The monoisotopic (exact) mass is 696 g/mol. The number of anilines is 2. The summed E-state index contributed by atoms with van der Waals surface area (Å²) in [7, 11) is -3.94. The number of alkyl halides is 3. The first-order valence-electron chi connectivity index (χ1n) is 16.0. The van der Waals surface area contributed by atoms with Crippen LogP contribution in [0.3, 0.4) is 0 Å². The lowest BCUT2D eigenvalue weighted by atomic mass is 10.1. The van der Waals surface area contributed by atoms with E-state index in [0.717, 1.165) is 17.7 Å². The van der Waals surface area contributed by atoms with Gasteiger partial charge in [0, 0.05) is 38.3 Å². The summed E-state index contributed by atoms with van der Waals surface area (Å²) < 4.78 is 82.8. The Balaban J connectivity index is 1.23. The van der Waals surface area contributed by atoms with Crippen LogP contribution in [0, 0.1) is 19.7 Å². The van der Waals surface area contributed by atoms with Crippen molar-refractivity contribution < 1.29 is 30.8 Å². The van der Waals surface area contributed by atoms with Crippen LogP contribution in [-0.4, -0.2) is 67.4 Å². The predicted octanol–water partition coefficient (Wildman–Crippen LogP) is 5.71. The molecule has 1 amide bonds. The molecular formula is C35H36F4N6O3S. The van der Waals surface area contributed by atoms with E-state index in [0.29, 0.717) is 73.2 Å². The third-order valence-electron chi connectivity index (χ3n) is 8.91. The minimum atomic E-state index is -4.50. The number of para-hydroxylation sites is 1. The highest BCUT2D eigenvalue weighted by atomic mass is 32.2. The zero-order valence-electron chi connectivity index (χ0n) is 27.0. The standard InChI is InChI=1S/C35H36F4N6O3S/c1-23-9-10-24(2)32(20-23)49(47,48)45-15-5-8-31(45)33(46)40-22-27-21-29(25-11-13-26(14-12-25)35(37,38)39)42-34(41-27)44-18-16-43(17-19-44)30-7-4-3-6-28(30)36/h3-4,6-7,9-14,20-21,31H,5,8,15-19,22H2,1-2H3,(H,40,46). The number of aryl methyl sites for hydroxylation is 2. The Hall–Kier alpha value is -4.56. The molecule has 0 saturated carbocycles. The number of halogens is 4. The first-order chi connectivity index (χ1) is 23.3. The van der Waals surface area contributed by atoms with E-state index >= 15 is 0 Å². The maximum absolute atomic E-state index is 14.4. The zero-order chi connectivity index (χ0) is 34.9. The summed E-state index contributed by atoms with van der Waals surface area (Å²) in [6.45, 7) is 5.53. The fourth-order valence-electron chi connectivity index (χ4n) is 6.25. The number of carbonyl (C=O) groups is 1. The Labute approximate surface area is 282 Å². The summed E-state index contributed by atoms with van der Waals surface area (Å²) in [5.74, 6) is -0.479. The molecule has 3 aromatic carbocycles. The van der Waals surface area contributed by atoms with E-state index in [1.807, 2.05) is 22.8 Å². The maximum atomic E-state index is 14.4. The van der Waals surface area contributed by atoms with E-state index in [9.17, 15) is 30.8 Å². The highest BCUT2D eigenvalue weighted by Crippen LogP contribution is 2.32. The predicted molar refractivity (Wildman–Crippen MR) is 178 cm³/mol. The third-order valence-corrected chi connectivity index (χ3v) is 11.0. The highest BCUT2D eigenvalue weighted by molar-refractivity contribution is 7.89. The van der Waals surface area contributed by atoms with Gasteiger partial charge in [-0.05, 0) is 74.2 Å². The van der Waals surface area contributed by atoms with Crippen LogP contribution in [0.5, 0.6) is 0 Å². The Morgan fingerprint density at radius 1 is 0.898 bits per heavy atom. The van der Waals surface area contributed by atoms with Gasteiger partial charge in [-0.25, -0.2) is 22.8 Å². The maximum Gasteiger partial charge on any atom is 0.416 e. The van der Waals surface area contributed by atoms with Crippen LogP contribution in [0.1, 0.15) is 35.2 Å². The first kappa shape index (κ1) is 34.3. The summed E-state index contributed by atoms with van der Waals surface area (Å²) in [6, 6.07) is 17.0. The van der Waals surface area contributed by atoms with Crippen molar-refractivity contribution in [1.82, 2.24) is 19.6 Å². The van der Waals surface area contributed by atoms with Crippen molar-refractivity contribution >= 4 is 27.6 Å². The number of hydrogen-bond acceptors (Lipinski definition) is 7. The molecule has 6 rings (SSSR count). The number of hydrogen-bond donors (Lipinski definition) is 1. The molecule has 0 spiro atoms. The van der Waals surface area contributed by atoms with Crippen LogP contribution >= 0.6 is 0 Å². The number of amides is 1. The number of nitrogens with one attached hydrogen (secondary N) is 1. The van der Waals surface area contributed by atoms with E-state index in [-0.39, 0.29) is 23.8 Å². The smallest absolute Gasteiger partial charge is 0.366 e. The van der Waals surface area contributed by atoms with Gasteiger partial charge in [-0.15, -0.1) is 0 Å². The molecule has 0 radical (unpaired) electrons. The van der Waals surface area contributed by atoms with Crippen molar-refractivity contribution in [3.05, 3.63) is 101 Å². The van der Waals surface area contributed by atoms with Crippen molar-refractivity contribution in [3.8, 4) is 11.3 Å². The van der Waals surface area contributed by atoms with Crippen LogP contribution in [0.15, 0.2) is 77.7 Å². The summed E-state index contributed by atoms with van der Waals surface area (Å²) in [5, 5.41) is 2.84. The molecule has 49 heavy (non-hydrogen) atoms. The van der Waals surface area contributed by atoms with Crippen LogP contribution in [0.4, 0.5) is 29.2 Å². The third kappa shape index (κ3) is 7.39. The topological polar surface area (TPSA) is 98.7 Å². The van der Waals surface area contributed by atoms with Crippen molar-refractivity contribution in [2.45, 2.75) is 50.3 Å². The number of aromatic nitrogens is 2. The SMILES string of the molecule is Cc1ccc(C)c(S(=O)(=O)N2CCCC2C(=O)NCc2cc(-c3ccc(C(F)(F)F)cc3)nc(N3CCN(c4ccccc4F)CC3)n2)c1. The lowest BCUT2D eigenvalue weighted by Crippen LogP contribution is -2.47. The number of piperazine rings is 1. The molecule has 1 unspecified atom stereocenters. The lowest BCUT2D eigenvalue weighted by molar-refractivity contribution is -0.137. The van der Waals surface area contributed by atoms with Gasteiger partial charge in [0.1, 0.15) is 11.9 Å². The van der Waals surface area contributed by atoms with E-state index in [4.69, 9.17) is 0 Å². The summed E-state index contributed by atoms with van der Waals surface area (Å²) in [4.78, 5) is 26.9. The van der Waals surface area contributed by atoms with E-state index < -0.39 is 33.7 Å². The van der Waals surface area contributed by atoms with Crippen LogP contribution in [0.2, 0.25) is 0 Å². The molecule has 1 aromatic heterocycles. The Bertz CT molecular complexity index is 1950. The number of rotatable bonds is 8. The molecule has 2 fully saturated rings. The molecule has 1 atom stereocenters. The molecule has 4 aromatic rings. The molecule has 258 valence electrons. The van der Waals surface area contributed by atoms with Gasteiger partial charge in [-0.1, -0.05) is 36.4 Å². The van der Waals surface area contributed by atoms with Gasteiger partial charge < -0.3 is 15.1 Å². The quantitative estimate of drug-likeness (QED) is 0.236. The van der Waals surface area contributed by atoms with Crippen LogP contribution < -0.4 is 15.1 Å². The molecule has 1 N–H and O–H groups in total. The van der Waals surface area contributed by atoms with Crippen LogP contribution in [-0.2, 0) is 27.5 Å². The van der Waals surface area contributed by atoms with E-state index in [1.54, 1.807) is 43.3 Å². The molecule has 3 heterocycles. The van der Waals surface area contributed by atoms with Gasteiger partial charge in [-0.2, -0.15) is 17.5 Å². The molecule has 14 heteroatoms. The molecule has 9 nitrogen and oxygen atoms in total. The first-order valence-corrected chi connectivity index (χ1v) is 17.4. The fraction of sp³-hybridized carbons (Fsp3) is 0.343. The number of sulfonamides is 1. The van der Waals surface area contributed by atoms with Gasteiger partial charge >= 0.3 is 6.18 Å². The molecule has 2 aliphatic rings. The largest absolute Gasteiger partial charge is 0.416 e. The van der Waals surface area contributed by atoms with Gasteiger partial charge in [0.15, 0.2) is 0 Å². The summed E-state index contributed by atoms with van der Waals surface area (Å²) in [5.41, 5.74) is 2.27. The zero-order valence-corrected chi connectivity index (χ0v) is 27.9. The Kier molecular flexibility index (Phi) is 9.63. The van der Waals surface area contributed by atoms with Crippen molar-refractivity contribution in [3.63, 3.8) is 0 Å². The number of nitrogens with zero attached hydrogens (tertiary/aromatic N) is 5. The normalized spacial score (nSPS) is 17.4. The van der Waals surface area contributed by atoms with Crippen molar-refractivity contribution in [2.75, 3.05) is 42.5 Å². The van der Waals surface area contributed by atoms with Gasteiger partial charge in [0.2, 0.25) is 21.9 Å². The molecule has 0 aliphatic carbocycles. The Morgan fingerprint density at radius 3 is 2.29 bits per heavy atom. The minimum Gasteiger partial charge on any atom is -0.366 e. The second-order valence-electron chi connectivity index (χ2n) is 12.3. The molecule has 0 bridgehead atoms. The fourth-order valence-corrected chi connectivity index (χ4v) is 8.21. The second kappa shape index (κ2) is 13.7. The molecule has 2 aliphatic heterocycles. The molecule has 2 saturated heterocycles.